The fourth-order valence-electron chi connectivity index (χ4n) is 3.92. The molecule has 3 heterocycles. The van der Waals surface area contributed by atoms with Gasteiger partial charge in [0.15, 0.2) is 6.54 Å². The summed E-state index contributed by atoms with van der Waals surface area (Å²) in [5.74, 6) is 2.14. The number of ether oxygens (including phenoxy) is 1. The van der Waals surface area contributed by atoms with Gasteiger partial charge in [0.25, 0.3) is 11.6 Å². The van der Waals surface area contributed by atoms with E-state index in [1.54, 1.807) is 11.3 Å². The molecular weight excluding hydrogens is 332 g/mol. The molecule has 0 amide bonds. The molecule has 2 aromatic rings. The fourth-order valence-corrected chi connectivity index (χ4v) is 4.74. The largest absolute Gasteiger partial charge is 0.494 e. The summed E-state index contributed by atoms with van der Waals surface area (Å²) in [5.41, 5.74) is 0.199. The Morgan fingerprint density at radius 3 is 2.76 bits per heavy atom. The number of hydrogen-bond donors (Lipinski definition) is 1. The Hall–Kier alpha value is -1.85. The second kappa shape index (κ2) is 6.81. The predicted octanol–water partition coefficient (Wildman–Crippen LogP) is 3.80. The molecule has 132 valence electrons. The molecule has 1 unspecified atom stereocenters. The van der Waals surface area contributed by atoms with E-state index in [2.05, 4.69) is 27.7 Å². The third-order valence-corrected chi connectivity index (χ3v) is 6.12. The number of benzene rings is 1. The summed E-state index contributed by atoms with van der Waals surface area (Å²) in [7, 11) is 0. The Bertz CT molecular complexity index is 755. The first-order chi connectivity index (χ1) is 12.2. The van der Waals surface area contributed by atoms with Gasteiger partial charge < -0.3 is 9.84 Å². The normalized spacial score (nSPS) is 23.5. The summed E-state index contributed by atoms with van der Waals surface area (Å²) in [5, 5.41) is 13.6. The molecule has 1 aromatic heterocycles. The van der Waals surface area contributed by atoms with Gasteiger partial charge in [-0.15, -0.1) is 11.3 Å². The number of anilines is 1. The van der Waals surface area contributed by atoms with Gasteiger partial charge in [-0.1, -0.05) is 6.07 Å². The molecule has 0 spiro atoms. The van der Waals surface area contributed by atoms with Crippen LogP contribution in [0.3, 0.4) is 0 Å². The number of aliphatic hydroxyl groups is 1. The van der Waals surface area contributed by atoms with Crippen molar-refractivity contribution in [3.8, 4) is 5.75 Å². The minimum absolute atomic E-state index is 0.580. The zero-order valence-electron chi connectivity index (χ0n) is 14.6. The van der Waals surface area contributed by atoms with Crippen LogP contribution < -0.4 is 9.64 Å². The molecule has 2 aliphatic rings. The van der Waals surface area contributed by atoms with Crippen molar-refractivity contribution in [2.24, 2.45) is 0 Å². The maximum absolute atomic E-state index is 11.6. The maximum atomic E-state index is 11.6. The smallest absolute Gasteiger partial charge is 0.280 e. The van der Waals surface area contributed by atoms with Crippen molar-refractivity contribution in [3.63, 3.8) is 0 Å². The summed E-state index contributed by atoms with van der Waals surface area (Å²) < 4.78 is 7.80. The van der Waals surface area contributed by atoms with Crippen LogP contribution in [0.4, 0.5) is 5.69 Å². The Labute approximate surface area is 153 Å². The molecule has 1 N–H and O–H groups in total. The van der Waals surface area contributed by atoms with Gasteiger partial charge in [-0.25, -0.2) is 9.48 Å². The second-order valence-electron chi connectivity index (χ2n) is 6.69. The lowest BCUT2D eigenvalue weighted by atomic mass is 10.1. The lowest BCUT2D eigenvalue weighted by Crippen LogP contribution is -2.40. The average molecular weight is 357 g/mol. The molecule has 0 saturated heterocycles. The van der Waals surface area contributed by atoms with E-state index < -0.39 is 5.72 Å². The van der Waals surface area contributed by atoms with Gasteiger partial charge in [-0.05, 0) is 61.9 Å². The van der Waals surface area contributed by atoms with Crippen LogP contribution in [0.5, 0.6) is 5.75 Å². The number of amidine groups is 1. The molecule has 5 heteroatoms. The van der Waals surface area contributed by atoms with Crippen LogP contribution in [0, 0.1) is 0 Å². The molecule has 0 bridgehead atoms. The SMILES string of the molecule is CCOc1ccc(N2CC(O)(c3cccs3)[N+]3=C2CCCCC3)cc1. The van der Waals surface area contributed by atoms with Crippen LogP contribution in [-0.2, 0) is 5.72 Å². The first-order valence-corrected chi connectivity index (χ1v) is 10.0. The minimum atomic E-state index is -0.924. The number of hydrogen-bond acceptors (Lipinski definition) is 4. The van der Waals surface area contributed by atoms with E-state index in [-0.39, 0.29) is 0 Å². The van der Waals surface area contributed by atoms with Crippen molar-refractivity contribution in [2.45, 2.75) is 38.3 Å². The van der Waals surface area contributed by atoms with Gasteiger partial charge in [0, 0.05) is 6.42 Å². The Morgan fingerprint density at radius 2 is 2.04 bits per heavy atom. The van der Waals surface area contributed by atoms with E-state index in [0.29, 0.717) is 13.2 Å². The van der Waals surface area contributed by atoms with Gasteiger partial charge in [-0.2, -0.15) is 0 Å². The third kappa shape index (κ3) is 2.96. The Balaban J connectivity index is 1.72. The predicted molar refractivity (Wildman–Crippen MR) is 102 cm³/mol. The molecule has 4 nitrogen and oxygen atoms in total. The topological polar surface area (TPSA) is 35.7 Å². The summed E-state index contributed by atoms with van der Waals surface area (Å²) in [4.78, 5) is 3.32. The van der Waals surface area contributed by atoms with E-state index in [4.69, 9.17) is 4.74 Å². The van der Waals surface area contributed by atoms with E-state index in [1.165, 1.54) is 18.7 Å². The molecule has 0 fully saturated rings. The molecule has 0 saturated carbocycles. The van der Waals surface area contributed by atoms with Crippen molar-refractivity contribution in [1.29, 1.82) is 0 Å². The first-order valence-electron chi connectivity index (χ1n) is 9.12. The van der Waals surface area contributed by atoms with Crippen molar-refractivity contribution < 1.29 is 14.4 Å². The quantitative estimate of drug-likeness (QED) is 0.846. The van der Waals surface area contributed by atoms with Crippen molar-refractivity contribution in [1.82, 2.24) is 0 Å². The van der Waals surface area contributed by atoms with E-state index in [9.17, 15) is 5.11 Å². The molecule has 2 aliphatic heterocycles. The lowest BCUT2D eigenvalue weighted by Gasteiger charge is -2.21. The van der Waals surface area contributed by atoms with Crippen molar-refractivity contribution in [3.05, 3.63) is 46.7 Å². The van der Waals surface area contributed by atoms with Crippen LogP contribution in [-0.4, -0.2) is 35.2 Å². The van der Waals surface area contributed by atoms with Crippen molar-refractivity contribution >= 4 is 22.9 Å². The van der Waals surface area contributed by atoms with Crippen molar-refractivity contribution in [2.75, 3.05) is 24.6 Å². The number of β-amino-alcohol motifs (C(OH)–C–C–N with tert-alkyl or cyclic N) is 1. The molecule has 1 atom stereocenters. The second-order valence-corrected chi connectivity index (χ2v) is 7.63. The van der Waals surface area contributed by atoms with E-state index in [0.717, 1.165) is 35.7 Å². The fraction of sp³-hybridized carbons (Fsp3) is 0.450. The molecular formula is C20H25N2O2S+. The Kier molecular flexibility index (Phi) is 4.52. The molecule has 0 aliphatic carbocycles. The number of rotatable bonds is 4. The highest BCUT2D eigenvalue weighted by Crippen LogP contribution is 2.37. The first kappa shape index (κ1) is 16.6. The third-order valence-electron chi connectivity index (χ3n) is 5.11. The zero-order valence-corrected chi connectivity index (χ0v) is 15.5. The van der Waals surface area contributed by atoms with E-state index >= 15 is 0 Å². The highest BCUT2D eigenvalue weighted by molar-refractivity contribution is 7.10. The summed E-state index contributed by atoms with van der Waals surface area (Å²) in [6, 6.07) is 12.3. The monoisotopic (exact) mass is 357 g/mol. The summed E-state index contributed by atoms with van der Waals surface area (Å²) in [6.45, 7) is 4.16. The highest BCUT2D eigenvalue weighted by atomic mass is 32.1. The maximum Gasteiger partial charge on any atom is 0.280 e. The number of thiophene rings is 1. The standard InChI is InChI=1S/C20H25N2O2S/c1-2-24-17-11-9-16(10-12-17)21-15-20(23,18-7-6-14-25-18)22-13-5-3-4-8-19(21)22/h6-7,9-12,14,23H,2-5,8,13,15H2,1H3/q+1. The molecule has 1 aromatic carbocycles. The zero-order chi connectivity index (χ0) is 17.3. The van der Waals surface area contributed by atoms with Crippen LogP contribution in [0.25, 0.3) is 0 Å². The molecule has 25 heavy (non-hydrogen) atoms. The van der Waals surface area contributed by atoms with Gasteiger partial charge in [0.2, 0.25) is 0 Å². The van der Waals surface area contributed by atoms with Crippen LogP contribution >= 0.6 is 11.3 Å². The van der Waals surface area contributed by atoms with Gasteiger partial charge >= 0.3 is 0 Å². The van der Waals surface area contributed by atoms with Gasteiger partial charge in [-0.3, -0.25) is 0 Å². The molecule has 0 radical (unpaired) electrons. The minimum Gasteiger partial charge on any atom is -0.494 e. The van der Waals surface area contributed by atoms with Crippen LogP contribution in [0.1, 0.15) is 37.5 Å². The summed E-state index contributed by atoms with van der Waals surface area (Å²) >= 11 is 1.64. The summed E-state index contributed by atoms with van der Waals surface area (Å²) in [6.07, 6.45) is 4.55. The Morgan fingerprint density at radius 1 is 1.20 bits per heavy atom. The average Bonchev–Trinajstić information content (AvgIpc) is 3.17. The number of nitrogens with zero attached hydrogens (tertiary/aromatic N) is 2. The van der Waals surface area contributed by atoms with Gasteiger partial charge in [0.1, 0.15) is 11.4 Å². The van der Waals surface area contributed by atoms with Gasteiger partial charge in [0.05, 0.1) is 18.0 Å². The lowest BCUT2D eigenvalue weighted by molar-refractivity contribution is -0.657. The molecule has 4 rings (SSSR count). The van der Waals surface area contributed by atoms with Crippen LogP contribution in [0.15, 0.2) is 41.8 Å². The van der Waals surface area contributed by atoms with Crippen LogP contribution in [0.2, 0.25) is 0 Å². The highest BCUT2D eigenvalue weighted by Gasteiger charge is 2.52. The van der Waals surface area contributed by atoms with E-state index in [1.807, 2.05) is 30.5 Å².